The topological polar surface area (TPSA) is 85.9 Å². The molecular formula is C20H38N2O5. The number of carbonyl (C=O) groups is 2. The summed E-state index contributed by atoms with van der Waals surface area (Å²) >= 11 is 0. The SMILES string of the molecule is C=C(C)C(=O)NCCCOCCOCCOCCCNC(=O)C(C)(C)CC. The van der Waals surface area contributed by atoms with E-state index in [0.29, 0.717) is 58.3 Å². The third-order valence-electron chi connectivity index (χ3n) is 4.13. The lowest BCUT2D eigenvalue weighted by atomic mass is 9.89. The summed E-state index contributed by atoms with van der Waals surface area (Å²) in [6.45, 7) is 15.6. The molecule has 0 aliphatic rings. The first-order valence-electron chi connectivity index (χ1n) is 9.76. The van der Waals surface area contributed by atoms with Crippen molar-refractivity contribution in [3.05, 3.63) is 12.2 Å². The number of nitrogens with one attached hydrogen (secondary N) is 2. The van der Waals surface area contributed by atoms with Gasteiger partial charge in [-0.3, -0.25) is 9.59 Å². The fraction of sp³-hybridized carbons (Fsp3) is 0.800. The fourth-order valence-electron chi connectivity index (χ4n) is 1.84. The highest BCUT2D eigenvalue weighted by Crippen LogP contribution is 2.19. The van der Waals surface area contributed by atoms with E-state index in [1.54, 1.807) is 6.92 Å². The molecule has 0 aliphatic heterocycles. The van der Waals surface area contributed by atoms with Crippen LogP contribution in [0.15, 0.2) is 12.2 Å². The van der Waals surface area contributed by atoms with Crippen molar-refractivity contribution >= 4 is 11.8 Å². The Hall–Kier alpha value is -1.44. The number of ether oxygens (including phenoxy) is 3. The summed E-state index contributed by atoms with van der Waals surface area (Å²) in [5.41, 5.74) is 0.201. The predicted molar refractivity (Wildman–Crippen MR) is 107 cm³/mol. The molecule has 0 rings (SSSR count). The van der Waals surface area contributed by atoms with Gasteiger partial charge in [0.25, 0.3) is 0 Å². The van der Waals surface area contributed by atoms with Gasteiger partial charge in [-0.15, -0.1) is 0 Å². The van der Waals surface area contributed by atoms with Gasteiger partial charge in [0, 0.05) is 37.3 Å². The predicted octanol–water partition coefficient (Wildman–Crippen LogP) is 2.06. The summed E-state index contributed by atoms with van der Waals surface area (Å²) in [6, 6.07) is 0. The average Bonchev–Trinajstić information content (AvgIpc) is 2.64. The first-order valence-corrected chi connectivity index (χ1v) is 9.76. The molecule has 158 valence electrons. The number of rotatable bonds is 17. The van der Waals surface area contributed by atoms with Crippen LogP contribution in [0.4, 0.5) is 0 Å². The molecule has 0 heterocycles. The molecule has 0 fully saturated rings. The Kier molecular flexibility index (Phi) is 14.8. The minimum atomic E-state index is -0.310. The van der Waals surface area contributed by atoms with Crippen molar-refractivity contribution < 1.29 is 23.8 Å². The molecule has 0 bridgehead atoms. The second kappa shape index (κ2) is 15.6. The van der Waals surface area contributed by atoms with Gasteiger partial charge in [-0.1, -0.05) is 27.4 Å². The van der Waals surface area contributed by atoms with Crippen LogP contribution in [-0.2, 0) is 23.8 Å². The largest absolute Gasteiger partial charge is 0.379 e. The van der Waals surface area contributed by atoms with Crippen LogP contribution >= 0.6 is 0 Å². The molecule has 0 saturated heterocycles. The zero-order valence-corrected chi connectivity index (χ0v) is 17.5. The molecule has 2 amide bonds. The van der Waals surface area contributed by atoms with E-state index in [2.05, 4.69) is 17.2 Å². The van der Waals surface area contributed by atoms with Crippen LogP contribution in [0.25, 0.3) is 0 Å². The molecule has 7 nitrogen and oxygen atoms in total. The molecule has 0 radical (unpaired) electrons. The second-order valence-electron chi connectivity index (χ2n) is 7.07. The second-order valence-corrected chi connectivity index (χ2v) is 7.07. The third kappa shape index (κ3) is 14.3. The van der Waals surface area contributed by atoms with Gasteiger partial charge >= 0.3 is 0 Å². The molecular weight excluding hydrogens is 348 g/mol. The van der Waals surface area contributed by atoms with Gasteiger partial charge in [0.15, 0.2) is 0 Å². The monoisotopic (exact) mass is 386 g/mol. The van der Waals surface area contributed by atoms with Crippen molar-refractivity contribution in [3.8, 4) is 0 Å². The van der Waals surface area contributed by atoms with E-state index in [9.17, 15) is 9.59 Å². The lowest BCUT2D eigenvalue weighted by Crippen LogP contribution is -2.37. The number of hydrogen-bond donors (Lipinski definition) is 2. The molecule has 0 aromatic heterocycles. The quantitative estimate of drug-likeness (QED) is 0.295. The zero-order valence-electron chi connectivity index (χ0n) is 17.5. The summed E-state index contributed by atoms with van der Waals surface area (Å²) in [5.74, 6) is -0.0305. The van der Waals surface area contributed by atoms with Crippen molar-refractivity contribution in [1.82, 2.24) is 10.6 Å². The normalized spacial score (nSPS) is 11.3. The van der Waals surface area contributed by atoms with E-state index in [0.717, 1.165) is 19.3 Å². The average molecular weight is 387 g/mol. The Morgan fingerprint density at radius 3 is 1.74 bits per heavy atom. The number of carbonyl (C=O) groups excluding carboxylic acids is 2. The van der Waals surface area contributed by atoms with Crippen LogP contribution in [0.2, 0.25) is 0 Å². The summed E-state index contributed by atoms with van der Waals surface area (Å²) in [4.78, 5) is 23.1. The highest BCUT2D eigenvalue weighted by Gasteiger charge is 2.24. The Morgan fingerprint density at radius 1 is 0.852 bits per heavy atom. The number of amides is 2. The van der Waals surface area contributed by atoms with Gasteiger partial charge < -0.3 is 24.8 Å². The third-order valence-corrected chi connectivity index (χ3v) is 4.13. The molecule has 2 N–H and O–H groups in total. The summed E-state index contributed by atoms with van der Waals surface area (Å²) in [6.07, 6.45) is 2.37. The van der Waals surface area contributed by atoms with E-state index >= 15 is 0 Å². The van der Waals surface area contributed by atoms with Crippen molar-refractivity contribution in [1.29, 1.82) is 0 Å². The lowest BCUT2D eigenvalue weighted by Gasteiger charge is -2.21. The van der Waals surface area contributed by atoms with Crippen molar-refractivity contribution in [2.75, 3.05) is 52.7 Å². The van der Waals surface area contributed by atoms with Gasteiger partial charge in [-0.05, 0) is 26.2 Å². The van der Waals surface area contributed by atoms with Crippen LogP contribution in [-0.4, -0.2) is 64.5 Å². The minimum Gasteiger partial charge on any atom is -0.379 e. The Labute approximate surface area is 164 Å². The van der Waals surface area contributed by atoms with E-state index in [4.69, 9.17) is 14.2 Å². The van der Waals surface area contributed by atoms with Crippen LogP contribution in [0.3, 0.4) is 0 Å². The summed E-state index contributed by atoms with van der Waals surface area (Å²) < 4.78 is 16.3. The molecule has 0 unspecified atom stereocenters. The van der Waals surface area contributed by atoms with Crippen LogP contribution < -0.4 is 10.6 Å². The van der Waals surface area contributed by atoms with E-state index in [1.807, 2.05) is 20.8 Å². The first kappa shape index (κ1) is 25.6. The highest BCUT2D eigenvalue weighted by molar-refractivity contribution is 5.92. The van der Waals surface area contributed by atoms with Gasteiger partial charge in [-0.2, -0.15) is 0 Å². The van der Waals surface area contributed by atoms with E-state index < -0.39 is 0 Å². The molecule has 0 spiro atoms. The van der Waals surface area contributed by atoms with Gasteiger partial charge in [0.05, 0.1) is 26.4 Å². The van der Waals surface area contributed by atoms with Gasteiger partial charge in [-0.25, -0.2) is 0 Å². The van der Waals surface area contributed by atoms with E-state index in [1.165, 1.54) is 0 Å². The van der Waals surface area contributed by atoms with Crippen molar-refractivity contribution in [2.45, 2.75) is 47.0 Å². The Morgan fingerprint density at radius 2 is 1.30 bits per heavy atom. The zero-order chi connectivity index (χ0) is 20.5. The Balaban J connectivity index is 3.27. The van der Waals surface area contributed by atoms with Gasteiger partial charge in [0.1, 0.15) is 0 Å². The molecule has 27 heavy (non-hydrogen) atoms. The van der Waals surface area contributed by atoms with Crippen molar-refractivity contribution in [3.63, 3.8) is 0 Å². The molecule has 7 heteroatoms. The standard InChI is InChI=1S/C20H38N2O5/c1-6-20(4,5)19(24)22-10-8-12-26-14-16-27-15-13-25-11-7-9-21-18(23)17(2)3/h2,6-16H2,1,3-5H3,(H,21,23)(H,22,24). The Bertz CT molecular complexity index is 438. The summed E-state index contributed by atoms with van der Waals surface area (Å²) in [5, 5.41) is 5.68. The minimum absolute atomic E-state index is 0.0894. The fourth-order valence-corrected chi connectivity index (χ4v) is 1.84. The van der Waals surface area contributed by atoms with E-state index in [-0.39, 0.29) is 17.2 Å². The van der Waals surface area contributed by atoms with Crippen LogP contribution in [0.1, 0.15) is 47.0 Å². The van der Waals surface area contributed by atoms with Gasteiger partial charge in [0.2, 0.25) is 11.8 Å². The maximum absolute atomic E-state index is 11.9. The summed E-state index contributed by atoms with van der Waals surface area (Å²) in [7, 11) is 0. The van der Waals surface area contributed by atoms with Crippen molar-refractivity contribution in [2.24, 2.45) is 5.41 Å². The smallest absolute Gasteiger partial charge is 0.246 e. The molecule has 0 saturated carbocycles. The highest BCUT2D eigenvalue weighted by atomic mass is 16.5. The maximum atomic E-state index is 11.9. The molecule has 0 atom stereocenters. The van der Waals surface area contributed by atoms with Crippen LogP contribution in [0, 0.1) is 5.41 Å². The first-order chi connectivity index (χ1) is 12.8. The van der Waals surface area contributed by atoms with Crippen LogP contribution in [0.5, 0.6) is 0 Å². The molecule has 0 aliphatic carbocycles. The lowest BCUT2D eigenvalue weighted by molar-refractivity contribution is -0.129. The maximum Gasteiger partial charge on any atom is 0.246 e. The molecule has 0 aromatic rings. The number of hydrogen-bond acceptors (Lipinski definition) is 5. The molecule has 0 aromatic carbocycles.